The maximum Gasteiger partial charge on any atom is 0.321 e. The van der Waals surface area contributed by atoms with Gasteiger partial charge in [-0.1, -0.05) is 25.1 Å². The average Bonchev–Trinajstić information content (AvgIpc) is 3.14. The van der Waals surface area contributed by atoms with Crippen molar-refractivity contribution in [3.05, 3.63) is 18.2 Å². The maximum atomic E-state index is 11.8. The maximum absolute atomic E-state index is 11.8. The molecule has 0 bridgehead atoms. The lowest BCUT2D eigenvalue weighted by Crippen LogP contribution is -2.40. The highest BCUT2D eigenvalue weighted by molar-refractivity contribution is 7.99. The highest BCUT2D eigenvalue weighted by Crippen LogP contribution is 2.33. The van der Waals surface area contributed by atoms with E-state index in [1.54, 1.807) is 25.3 Å². The van der Waals surface area contributed by atoms with Crippen molar-refractivity contribution in [3.63, 3.8) is 0 Å². The summed E-state index contributed by atoms with van der Waals surface area (Å²) in [4.78, 5) is 23.3. The number of amides is 3. The van der Waals surface area contributed by atoms with Crippen molar-refractivity contribution in [1.82, 2.24) is 20.8 Å². The SMILES string of the molecule is CCCCNC(=O)NC(=O)CSc1nnc(-c2ccc(OC)cc2OC)o1. The van der Waals surface area contributed by atoms with E-state index in [-0.39, 0.29) is 16.9 Å². The number of hydrogen-bond acceptors (Lipinski definition) is 8. The number of carbonyl (C=O) groups is 2. The number of hydrogen-bond donors (Lipinski definition) is 2. The largest absolute Gasteiger partial charge is 0.497 e. The van der Waals surface area contributed by atoms with E-state index in [1.165, 1.54) is 7.11 Å². The molecule has 1 aromatic carbocycles. The Bertz CT molecular complexity index is 780. The molecule has 0 spiro atoms. The summed E-state index contributed by atoms with van der Waals surface area (Å²) in [5, 5.41) is 12.9. The number of urea groups is 1. The number of unbranched alkanes of at least 4 members (excludes halogenated alkanes) is 1. The first-order chi connectivity index (χ1) is 13.1. The summed E-state index contributed by atoms with van der Waals surface area (Å²) < 4.78 is 16.0. The summed E-state index contributed by atoms with van der Waals surface area (Å²) in [5.74, 6) is 0.947. The summed E-state index contributed by atoms with van der Waals surface area (Å²) in [5.41, 5.74) is 0.609. The van der Waals surface area contributed by atoms with Crippen LogP contribution in [0, 0.1) is 0 Å². The number of nitrogens with one attached hydrogen (secondary N) is 2. The molecule has 0 atom stereocenters. The topological polar surface area (TPSA) is 116 Å². The monoisotopic (exact) mass is 394 g/mol. The first kappa shape index (κ1) is 20.6. The fraction of sp³-hybridized carbons (Fsp3) is 0.412. The predicted octanol–water partition coefficient (Wildman–Crippen LogP) is 2.47. The van der Waals surface area contributed by atoms with E-state index in [9.17, 15) is 9.59 Å². The van der Waals surface area contributed by atoms with Gasteiger partial charge >= 0.3 is 6.03 Å². The van der Waals surface area contributed by atoms with Crippen LogP contribution in [0.1, 0.15) is 19.8 Å². The highest BCUT2D eigenvalue weighted by atomic mass is 32.2. The number of nitrogens with zero attached hydrogens (tertiary/aromatic N) is 2. The number of ether oxygens (including phenoxy) is 2. The minimum Gasteiger partial charge on any atom is -0.497 e. The van der Waals surface area contributed by atoms with Gasteiger partial charge in [0.2, 0.25) is 5.91 Å². The van der Waals surface area contributed by atoms with E-state index < -0.39 is 11.9 Å². The lowest BCUT2D eigenvalue weighted by Gasteiger charge is -2.07. The zero-order chi connectivity index (χ0) is 19.6. The first-order valence-corrected chi connectivity index (χ1v) is 9.32. The van der Waals surface area contributed by atoms with Crippen LogP contribution in [0.25, 0.3) is 11.5 Å². The Morgan fingerprint density at radius 3 is 2.74 bits per heavy atom. The van der Waals surface area contributed by atoms with Crippen LogP contribution in [0.15, 0.2) is 27.8 Å². The average molecular weight is 394 g/mol. The molecule has 1 heterocycles. The second kappa shape index (κ2) is 10.4. The van der Waals surface area contributed by atoms with Crippen molar-refractivity contribution < 1.29 is 23.5 Å². The first-order valence-electron chi connectivity index (χ1n) is 8.33. The molecule has 0 aliphatic rings. The third-order valence-electron chi connectivity index (χ3n) is 3.44. The third kappa shape index (κ3) is 6.17. The molecule has 9 nitrogen and oxygen atoms in total. The molecule has 2 aromatic rings. The van der Waals surface area contributed by atoms with Crippen LogP contribution in [-0.4, -0.2) is 48.7 Å². The van der Waals surface area contributed by atoms with Gasteiger partial charge < -0.3 is 19.2 Å². The van der Waals surface area contributed by atoms with Gasteiger partial charge in [0.25, 0.3) is 11.1 Å². The van der Waals surface area contributed by atoms with E-state index in [2.05, 4.69) is 20.8 Å². The van der Waals surface area contributed by atoms with Crippen LogP contribution in [0.4, 0.5) is 4.79 Å². The molecule has 3 amide bonds. The van der Waals surface area contributed by atoms with Gasteiger partial charge in [-0.25, -0.2) is 4.79 Å². The Morgan fingerprint density at radius 2 is 2.04 bits per heavy atom. The van der Waals surface area contributed by atoms with Crippen LogP contribution < -0.4 is 20.1 Å². The molecule has 146 valence electrons. The zero-order valence-corrected chi connectivity index (χ0v) is 16.2. The van der Waals surface area contributed by atoms with Crippen LogP contribution in [0.3, 0.4) is 0 Å². The molecule has 0 aliphatic carbocycles. The molecular weight excluding hydrogens is 372 g/mol. The number of carbonyl (C=O) groups excluding carboxylic acids is 2. The third-order valence-corrected chi connectivity index (χ3v) is 4.26. The Labute approximate surface area is 161 Å². The van der Waals surface area contributed by atoms with Gasteiger partial charge in [0, 0.05) is 12.6 Å². The molecule has 2 rings (SSSR count). The van der Waals surface area contributed by atoms with E-state index in [0.29, 0.717) is 23.6 Å². The number of methoxy groups -OCH3 is 2. The lowest BCUT2D eigenvalue weighted by molar-refractivity contribution is -0.117. The highest BCUT2D eigenvalue weighted by Gasteiger charge is 2.16. The van der Waals surface area contributed by atoms with Gasteiger partial charge in [0.15, 0.2) is 0 Å². The normalized spacial score (nSPS) is 10.3. The number of thioether (sulfide) groups is 1. The summed E-state index contributed by atoms with van der Waals surface area (Å²) in [7, 11) is 3.09. The van der Waals surface area contributed by atoms with Crippen molar-refractivity contribution >= 4 is 23.7 Å². The molecule has 2 N–H and O–H groups in total. The Morgan fingerprint density at radius 1 is 1.22 bits per heavy atom. The smallest absolute Gasteiger partial charge is 0.321 e. The summed E-state index contributed by atoms with van der Waals surface area (Å²) >= 11 is 1.04. The Hall–Kier alpha value is -2.75. The van der Waals surface area contributed by atoms with Crippen molar-refractivity contribution in [1.29, 1.82) is 0 Å². The predicted molar refractivity (Wildman–Crippen MR) is 100 cm³/mol. The molecule has 1 aromatic heterocycles. The van der Waals surface area contributed by atoms with Gasteiger partial charge in [-0.2, -0.15) is 0 Å². The van der Waals surface area contributed by atoms with Gasteiger partial charge in [0.1, 0.15) is 11.5 Å². The molecule has 10 heteroatoms. The van der Waals surface area contributed by atoms with Gasteiger partial charge in [-0.3, -0.25) is 10.1 Å². The molecule has 0 radical (unpaired) electrons. The summed E-state index contributed by atoms with van der Waals surface area (Å²) in [6.45, 7) is 2.54. The molecular formula is C17H22N4O5S. The lowest BCUT2D eigenvalue weighted by atomic mass is 10.2. The van der Waals surface area contributed by atoms with Crippen molar-refractivity contribution in [3.8, 4) is 23.0 Å². The van der Waals surface area contributed by atoms with Crippen molar-refractivity contribution in [2.24, 2.45) is 0 Å². The van der Waals surface area contributed by atoms with Crippen molar-refractivity contribution in [2.45, 2.75) is 25.0 Å². The molecule has 0 aliphatic heterocycles. The minimum atomic E-state index is -0.511. The minimum absolute atomic E-state index is 0.0252. The number of rotatable bonds is 9. The molecule has 0 saturated heterocycles. The standard InChI is InChI=1S/C17H22N4O5S/c1-4-5-8-18-16(23)19-14(22)10-27-17-21-20-15(26-17)12-7-6-11(24-2)9-13(12)25-3/h6-7,9H,4-5,8,10H2,1-3H3,(H2,18,19,22,23). The fourth-order valence-corrected chi connectivity index (χ4v) is 2.63. The number of imide groups is 1. The molecule has 0 unspecified atom stereocenters. The van der Waals surface area contributed by atoms with Crippen LogP contribution in [0.2, 0.25) is 0 Å². The van der Waals surface area contributed by atoms with Gasteiger partial charge in [0.05, 0.1) is 25.5 Å². The zero-order valence-electron chi connectivity index (χ0n) is 15.4. The van der Waals surface area contributed by atoms with E-state index in [4.69, 9.17) is 13.9 Å². The second-order valence-corrected chi connectivity index (χ2v) is 6.31. The molecule has 0 fully saturated rings. The van der Waals surface area contributed by atoms with Crippen LogP contribution in [-0.2, 0) is 4.79 Å². The van der Waals surface area contributed by atoms with Gasteiger partial charge in [-0.05, 0) is 18.6 Å². The van der Waals surface area contributed by atoms with Crippen LogP contribution in [0.5, 0.6) is 11.5 Å². The Balaban J connectivity index is 1.91. The second-order valence-electron chi connectivity index (χ2n) is 5.39. The fourth-order valence-electron chi connectivity index (χ4n) is 2.07. The van der Waals surface area contributed by atoms with Crippen LogP contribution >= 0.6 is 11.8 Å². The van der Waals surface area contributed by atoms with E-state index in [0.717, 1.165) is 24.6 Å². The van der Waals surface area contributed by atoms with E-state index >= 15 is 0 Å². The number of aromatic nitrogens is 2. The number of benzene rings is 1. The summed E-state index contributed by atoms with van der Waals surface area (Å²) in [6.07, 6.45) is 1.82. The van der Waals surface area contributed by atoms with Crippen molar-refractivity contribution in [2.75, 3.05) is 26.5 Å². The van der Waals surface area contributed by atoms with E-state index in [1.807, 2.05) is 6.92 Å². The quantitative estimate of drug-likeness (QED) is 0.492. The molecule has 27 heavy (non-hydrogen) atoms. The van der Waals surface area contributed by atoms with Gasteiger partial charge in [-0.15, -0.1) is 10.2 Å². The summed E-state index contributed by atoms with van der Waals surface area (Å²) in [6, 6.07) is 4.69. The molecule has 0 saturated carbocycles. The Kier molecular flexibility index (Phi) is 7.93.